The molecule has 0 radical (unpaired) electrons. The van der Waals surface area contributed by atoms with E-state index >= 15 is 0 Å². The molecule has 1 fully saturated rings. The van der Waals surface area contributed by atoms with Crippen LogP contribution in [0.25, 0.3) is 0 Å². The highest BCUT2D eigenvalue weighted by atomic mass is 79.9. The van der Waals surface area contributed by atoms with Gasteiger partial charge in [0.05, 0.1) is 4.83 Å². The lowest BCUT2D eigenvalue weighted by Crippen LogP contribution is -2.28. The molecule has 1 aromatic rings. The average Bonchev–Trinajstić information content (AvgIpc) is 2.89. The average molecular weight is 320 g/mol. The van der Waals surface area contributed by atoms with Gasteiger partial charge in [-0.05, 0) is 50.5 Å². The molecule has 0 spiro atoms. The topological polar surface area (TPSA) is 20.3 Å². The third-order valence-corrected chi connectivity index (χ3v) is 3.49. The summed E-state index contributed by atoms with van der Waals surface area (Å²) < 4.78 is 0. The number of alkyl halides is 1. The van der Waals surface area contributed by atoms with Crippen LogP contribution >= 0.6 is 15.9 Å². The lowest BCUT2D eigenvalue weighted by Gasteiger charge is -2.16. The van der Waals surface area contributed by atoms with Crippen LogP contribution in [0.4, 0.5) is 0 Å². The fraction of sp³-hybridized carbons (Fsp3) is 0.438. The lowest BCUT2D eigenvalue weighted by atomic mass is 10.0. The Bertz CT molecular complexity index is 533. The van der Waals surface area contributed by atoms with E-state index in [2.05, 4.69) is 27.8 Å². The van der Waals surface area contributed by atoms with Gasteiger partial charge in [-0.25, -0.2) is 0 Å². The molecule has 100 valence electrons. The third-order valence-electron chi connectivity index (χ3n) is 3.27. The minimum Gasteiger partial charge on any atom is -0.339 e. The van der Waals surface area contributed by atoms with E-state index in [-0.39, 0.29) is 10.7 Å². The van der Waals surface area contributed by atoms with Crippen molar-refractivity contribution in [3.63, 3.8) is 0 Å². The van der Waals surface area contributed by atoms with Crippen LogP contribution in [-0.2, 0) is 0 Å². The van der Waals surface area contributed by atoms with Crippen molar-refractivity contribution in [1.82, 2.24) is 4.90 Å². The van der Waals surface area contributed by atoms with E-state index in [1.54, 1.807) is 0 Å². The van der Waals surface area contributed by atoms with Gasteiger partial charge in [-0.3, -0.25) is 4.79 Å². The van der Waals surface area contributed by atoms with Gasteiger partial charge in [0.1, 0.15) is 0 Å². The van der Waals surface area contributed by atoms with Gasteiger partial charge in [-0.1, -0.05) is 27.8 Å². The summed E-state index contributed by atoms with van der Waals surface area (Å²) in [6.45, 7) is 5.75. The van der Waals surface area contributed by atoms with Crippen molar-refractivity contribution in [3.05, 3.63) is 34.9 Å². The van der Waals surface area contributed by atoms with Crippen LogP contribution in [0.3, 0.4) is 0 Å². The van der Waals surface area contributed by atoms with Gasteiger partial charge in [-0.15, -0.1) is 0 Å². The molecule has 2 rings (SSSR count). The Morgan fingerprint density at radius 3 is 2.63 bits per heavy atom. The summed E-state index contributed by atoms with van der Waals surface area (Å²) in [5.74, 6) is 6.32. The number of benzene rings is 1. The van der Waals surface area contributed by atoms with Crippen LogP contribution in [0.2, 0.25) is 0 Å². The maximum absolute atomic E-state index is 12.3. The van der Waals surface area contributed by atoms with Crippen LogP contribution in [0.1, 0.15) is 41.3 Å². The Morgan fingerprint density at radius 2 is 2.05 bits per heavy atom. The lowest BCUT2D eigenvalue weighted by molar-refractivity contribution is 0.0792. The number of hydrogen-bond acceptors (Lipinski definition) is 1. The second-order valence-electron chi connectivity index (χ2n) is 4.91. The van der Waals surface area contributed by atoms with Crippen LogP contribution in [0.15, 0.2) is 18.2 Å². The van der Waals surface area contributed by atoms with E-state index in [0.717, 1.165) is 42.6 Å². The van der Waals surface area contributed by atoms with Gasteiger partial charge >= 0.3 is 0 Å². The molecule has 0 aromatic heterocycles. The number of likely N-dealkylation sites (tertiary alicyclic amines) is 1. The Balaban J connectivity index is 2.20. The summed E-state index contributed by atoms with van der Waals surface area (Å²) in [5.41, 5.74) is 2.77. The van der Waals surface area contributed by atoms with Crippen LogP contribution < -0.4 is 0 Å². The number of halogens is 1. The molecule has 1 aromatic carbocycles. The number of rotatable bonds is 1. The molecule has 1 unspecified atom stereocenters. The zero-order chi connectivity index (χ0) is 13.8. The van der Waals surface area contributed by atoms with Gasteiger partial charge in [0.2, 0.25) is 0 Å². The number of aryl methyl sites for hydroxylation is 1. The second-order valence-corrected chi connectivity index (χ2v) is 6.29. The highest BCUT2D eigenvalue weighted by molar-refractivity contribution is 9.09. The summed E-state index contributed by atoms with van der Waals surface area (Å²) >= 11 is 3.40. The molecule has 1 saturated heterocycles. The predicted molar refractivity (Wildman–Crippen MR) is 81.6 cm³/mol. The fourth-order valence-electron chi connectivity index (χ4n) is 2.25. The van der Waals surface area contributed by atoms with Crippen molar-refractivity contribution in [2.75, 3.05) is 13.1 Å². The van der Waals surface area contributed by atoms with Gasteiger partial charge in [-0.2, -0.15) is 0 Å². The molecule has 1 aliphatic rings. The van der Waals surface area contributed by atoms with E-state index in [9.17, 15) is 4.79 Å². The summed E-state index contributed by atoms with van der Waals surface area (Å²) in [5, 5.41) is 0. The molecule has 1 atom stereocenters. The fourth-order valence-corrected chi connectivity index (χ4v) is 2.37. The van der Waals surface area contributed by atoms with E-state index in [1.165, 1.54) is 0 Å². The first-order valence-electron chi connectivity index (χ1n) is 6.63. The van der Waals surface area contributed by atoms with Crippen molar-refractivity contribution in [2.24, 2.45) is 0 Å². The smallest absolute Gasteiger partial charge is 0.254 e. The van der Waals surface area contributed by atoms with Crippen LogP contribution in [0, 0.1) is 18.8 Å². The number of amides is 1. The summed E-state index contributed by atoms with van der Waals surface area (Å²) in [7, 11) is 0. The molecular formula is C16H18BrNO. The van der Waals surface area contributed by atoms with Crippen LogP contribution in [0.5, 0.6) is 0 Å². The largest absolute Gasteiger partial charge is 0.339 e. The van der Waals surface area contributed by atoms with Crippen LogP contribution in [-0.4, -0.2) is 28.7 Å². The Labute approximate surface area is 123 Å². The van der Waals surface area contributed by atoms with Crippen molar-refractivity contribution >= 4 is 21.8 Å². The van der Waals surface area contributed by atoms with Gasteiger partial charge < -0.3 is 4.90 Å². The molecule has 3 heteroatoms. The van der Waals surface area contributed by atoms with E-state index in [1.807, 2.05) is 36.9 Å². The van der Waals surface area contributed by atoms with Crippen molar-refractivity contribution in [1.29, 1.82) is 0 Å². The minimum atomic E-state index is 0.156. The van der Waals surface area contributed by atoms with Gasteiger partial charge in [0.15, 0.2) is 0 Å². The Kier molecular flexibility index (Phi) is 4.66. The quantitative estimate of drug-likeness (QED) is 0.574. The number of hydrogen-bond donors (Lipinski definition) is 0. The number of carbonyl (C=O) groups excluding carboxylic acids is 1. The summed E-state index contributed by atoms with van der Waals surface area (Å²) in [6.07, 6.45) is 2.25. The zero-order valence-electron chi connectivity index (χ0n) is 11.4. The van der Waals surface area contributed by atoms with Gasteiger partial charge in [0.25, 0.3) is 5.91 Å². The molecule has 0 aliphatic carbocycles. The molecular weight excluding hydrogens is 302 g/mol. The Hall–Kier alpha value is -1.27. The van der Waals surface area contributed by atoms with E-state index in [4.69, 9.17) is 0 Å². The zero-order valence-corrected chi connectivity index (χ0v) is 13.0. The normalized spacial score (nSPS) is 15.8. The molecule has 0 bridgehead atoms. The minimum absolute atomic E-state index is 0.156. The van der Waals surface area contributed by atoms with Gasteiger partial charge in [0, 0.05) is 24.2 Å². The maximum atomic E-state index is 12.3. The first-order valence-corrected chi connectivity index (χ1v) is 7.55. The standard InChI is InChI=1S/C16H18BrNO/c1-12-11-14(6-5-13(2)17)7-8-15(12)16(19)18-9-3-4-10-18/h7-8,11,13H,3-4,9-10H2,1-2H3. The molecule has 1 amide bonds. The first kappa shape index (κ1) is 14.1. The molecule has 0 N–H and O–H groups in total. The number of nitrogens with zero attached hydrogens (tertiary/aromatic N) is 1. The van der Waals surface area contributed by atoms with Crippen molar-refractivity contribution < 1.29 is 4.79 Å². The highest BCUT2D eigenvalue weighted by Gasteiger charge is 2.20. The Morgan fingerprint density at radius 1 is 1.37 bits per heavy atom. The predicted octanol–water partition coefficient (Wildman–Crippen LogP) is 3.37. The highest BCUT2D eigenvalue weighted by Crippen LogP contribution is 2.17. The maximum Gasteiger partial charge on any atom is 0.254 e. The molecule has 0 saturated carbocycles. The van der Waals surface area contributed by atoms with Crippen molar-refractivity contribution in [3.8, 4) is 11.8 Å². The summed E-state index contributed by atoms with van der Waals surface area (Å²) in [6, 6.07) is 5.82. The molecule has 2 nitrogen and oxygen atoms in total. The van der Waals surface area contributed by atoms with E-state index in [0.29, 0.717) is 0 Å². The van der Waals surface area contributed by atoms with E-state index < -0.39 is 0 Å². The first-order chi connectivity index (χ1) is 9.08. The molecule has 1 heterocycles. The summed E-state index contributed by atoms with van der Waals surface area (Å²) in [4.78, 5) is 14.4. The SMILES string of the molecule is Cc1cc(C#CC(C)Br)ccc1C(=O)N1CCCC1. The second kappa shape index (κ2) is 6.25. The molecule has 19 heavy (non-hydrogen) atoms. The van der Waals surface area contributed by atoms with Crippen molar-refractivity contribution in [2.45, 2.75) is 31.5 Å². The number of carbonyl (C=O) groups is 1. The molecule has 1 aliphatic heterocycles. The monoisotopic (exact) mass is 319 g/mol. The third kappa shape index (κ3) is 3.61.